The molecule has 0 N–H and O–H groups in total. The molecule has 1 rings (SSSR count). The predicted octanol–water partition coefficient (Wildman–Crippen LogP) is 1.46. The lowest BCUT2D eigenvalue weighted by atomic mass is 10.4. The SMILES string of the molecule is COc1ccc(C(=O)N(C)C)s1. The lowest BCUT2D eigenvalue weighted by molar-refractivity contribution is 0.0832. The number of nitrogens with zero attached hydrogens (tertiary/aromatic N) is 1. The molecule has 0 aliphatic carbocycles. The third kappa shape index (κ3) is 1.76. The first kappa shape index (κ1) is 9.06. The van der Waals surface area contributed by atoms with E-state index in [-0.39, 0.29) is 5.91 Å². The molecule has 0 aliphatic heterocycles. The van der Waals surface area contributed by atoms with E-state index >= 15 is 0 Å². The van der Waals surface area contributed by atoms with Gasteiger partial charge in [-0.3, -0.25) is 4.79 Å². The van der Waals surface area contributed by atoms with Crippen LogP contribution in [-0.4, -0.2) is 32.0 Å². The van der Waals surface area contributed by atoms with Crippen LogP contribution in [0.25, 0.3) is 0 Å². The van der Waals surface area contributed by atoms with Gasteiger partial charge in [0.1, 0.15) is 0 Å². The van der Waals surface area contributed by atoms with Gasteiger partial charge < -0.3 is 9.64 Å². The average molecular weight is 185 g/mol. The number of methoxy groups -OCH3 is 1. The number of rotatable bonds is 2. The van der Waals surface area contributed by atoms with E-state index in [9.17, 15) is 4.79 Å². The first-order valence-electron chi connectivity index (χ1n) is 3.50. The zero-order chi connectivity index (χ0) is 9.14. The third-order valence-corrected chi connectivity index (χ3v) is 2.43. The topological polar surface area (TPSA) is 29.5 Å². The van der Waals surface area contributed by atoms with Crippen LogP contribution in [0.5, 0.6) is 5.06 Å². The molecule has 1 amide bonds. The summed E-state index contributed by atoms with van der Waals surface area (Å²) in [5.41, 5.74) is 0. The largest absolute Gasteiger partial charge is 0.487 e. The van der Waals surface area contributed by atoms with E-state index in [0.29, 0.717) is 4.88 Å². The molecule has 0 atom stereocenters. The second-order valence-corrected chi connectivity index (χ2v) is 3.57. The van der Waals surface area contributed by atoms with Gasteiger partial charge in [0.25, 0.3) is 5.91 Å². The van der Waals surface area contributed by atoms with E-state index in [4.69, 9.17) is 4.74 Å². The molecule has 0 aliphatic rings. The molecule has 1 heterocycles. The van der Waals surface area contributed by atoms with Gasteiger partial charge in [-0.05, 0) is 12.1 Å². The smallest absolute Gasteiger partial charge is 0.263 e. The zero-order valence-corrected chi connectivity index (χ0v) is 8.14. The molecule has 66 valence electrons. The highest BCUT2D eigenvalue weighted by atomic mass is 32.1. The molecule has 0 saturated carbocycles. The minimum Gasteiger partial charge on any atom is -0.487 e. The number of carbonyl (C=O) groups excluding carboxylic acids is 1. The van der Waals surface area contributed by atoms with Crippen molar-refractivity contribution >= 4 is 17.2 Å². The van der Waals surface area contributed by atoms with Gasteiger partial charge in [-0.15, -0.1) is 0 Å². The summed E-state index contributed by atoms with van der Waals surface area (Å²) in [6, 6.07) is 3.56. The molecule has 0 fully saturated rings. The lowest BCUT2D eigenvalue weighted by Gasteiger charge is -2.06. The van der Waals surface area contributed by atoms with Crippen LogP contribution in [0, 0.1) is 0 Å². The molecule has 0 saturated heterocycles. The van der Waals surface area contributed by atoms with Crippen LogP contribution >= 0.6 is 11.3 Å². The predicted molar refractivity (Wildman–Crippen MR) is 48.9 cm³/mol. The summed E-state index contributed by atoms with van der Waals surface area (Å²) in [7, 11) is 5.05. The zero-order valence-electron chi connectivity index (χ0n) is 7.33. The van der Waals surface area contributed by atoms with Gasteiger partial charge >= 0.3 is 0 Å². The molecular formula is C8H11NO2S. The maximum Gasteiger partial charge on any atom is 0.263 e. The number of hydrogen-bond acceptors (Lipinski definition) is 3. The molecule has 0 aromatic carbocycles. The van der Waals surface area contributed by atoms with Crippen LogP contribution in [0.2, 0.25) is 0 Å². The van der Waals surface area contributed by atoms with Crippen molar-refractivity contribution in [2.24, 2.45) is 0 Å². The number of ether oxygens (including phenoxy) is 1. The first-order valence-corrected chi connectivity index (χ1v) is 4.32. The highest BCUT2D eigenvalue weighted by Crippen LogP contribution is 2.24. The molecule has 0 unspecified atom stereocenters. The van der Waals surface area contributed by atoms with Crippen molar-refractivity contribution in [3.8, 4) is 5.06 Å². The summed E-state index contributed by atoms with van der Waals surface area (Å²) in [6.07, 6.45) is 0. The van der Waals surface area contributed by atoms with Crippen molar-refractivity contribution in [3.63, 3.8) is 0 Å². The fraction of sp³-hybridized carbons (Fsp3) is 0.375. The fourth-order valence-electron chi connectivity index (χ4n) is 0.765. The maximum absolute atomic E-state index is 11.4. The summed E-state index contributed by atoms with van der Waals surface area (Å²) < 4.78 is 4.97. The second-order valence-electron chi connectivity index (χ2n) is 2.52. The van der Waals surface area contributed by atoms with Crippen LogP contribution in [-0.2, 0) is 0 Å². The van der Waals surface area contributed by atoms with E-state index in [1.54, 1.807) is 38.2 Å². The van der Waals surface area contributed by atoms with Gasteiger partial charge in [-0.2, -0.15) is 0 Å². The van der Waals surface area contributed by atoms with Crippen molar-refractivity contribution in [2.75, 3.05) is 21.2 Å². The molecule has 0 radical (unpaired) electrons. The summed E-state index contributed by atoms with van der Waals surface area (Å²) in [5, 5.41) is 0.764. The summed E-state index contributed by atoms with van der Waals surface area (Å²) >= 11 is 1.36. The van der Waals surface area contributed by atoms with Gasteiger partial charge in [0.2, 0.25) is 0 Å². The second kappa shape index (κ2) is 3.58. The first-order chi connectivity index (χ1) is 5.65. The molecule has 0 bridgehead atoms. The van der Waals surface area contributed by atoms with Crippen molar-refractivity contribution in [1.29, 1.82) is 0 Å². The summed E-state index contributed by atoms with van der Waals surface area (Å²) in [4.78, 5) is 13.6. The van der Waals surface area contributed by atoms with E-state index < -0.39 is 0 Å². The summed E-state index contributed by atoms with van der Waals surface area (Å²) in [6.45, 7) is 0. The minimum absolute atomic E-state index is 0.0169. The number of carbonyl (C=O) groups is 1. The van der Waals surface area contributed by atoms with Crippen molar-refractivity contribution < 1.29 is 9.53 Å². The summed E-state index contributed by atoms with van der Waals surface area (Å²) in [5.74, 6) is 0.0169. The minimum atomic E-state index is 0.0169. The van der Waals surface area contributed by atoms with E-state index in [1.807, 2.05) is 0 Å². The number of thiophene rings is 1. The number of hydrogen-bond donors (Lipinski definition) is 0. The van der Waals surface area contributed by atoms with E-state index in [0.717, 1.165) is 5.06 Å². The Balaban J connectivity index is 2.82. The molecule has 1 aromatic rings. The van der Waals surface area contributed by atoms with Gasteiger partial charge in [-0.1, -0.05) is 11.3 Å². The molecule has 3 nitrogen and oxygen atoms in total. The van der Waals surface area contributed by atoms with Crippen molar-refractivity contribution in [3.05, 3.63) is 17.0 Å². The Morgan fingerprint density at radius 2 is 2.17 bits per heavy atom. The van der Waals surface area contributed by atoms with Crippen molar-refractivity contribution in [1.82, 2.24) is 4.90 Å². The van der Waals surface area contributed by atoms with Crippen LogP contribution in [0.1, 0.15) is 9.67 Å². The maximum atomic E-state index is 11.4. The Labute approximate surface area is 75.6 Å². The standard InChI is InChI=1S/C8H11NO2S/c1-9(2)8(10)6-4-5-7(11-3)12-6/h4-5H,1-3H3. The quantitative estimate of drug-likeness (QED) is 0.698. The Kier molecular flexibility index (Phi) is 2.70. The van der Waals surface area contributed by atoms with Crippen LogP contribution in [0.3, 0.4) is 0 Å². The average Bonchev–Trinajstić information content (AvgIpc) is 2.50. The van der Waals surface area contributed by atoms with Crippen LogP contribution in [0.15, 0.2) is 12.1 Å². The van der Waals surface area contributed by atoms with Crippen LogP contribution < -0.4 is 4.74 Å². The van der Waals surface area contributed by atoms with Crippen molar-refractivity contribution in [2.45, 2.75) is 0 Å². The molecule has 0 spiro atoms. The van der Waals surface area contributed by atoms with Gasteiger partial charge in [0, 0.05) is 14.1 Å². The van der Waals surface area contributed by atoms with Crippen LogP contribution in [0.4, 0.5) is 0 Å². The Hall–Kier alpha value is -1.03. The highest BCUT2D eigenvalue weighted by molar-refractivity contribution is 7.15. The van der Waals surface area contributed by atoms with E-state index in [2.05, 4.69) is 0 Å². The monoisotopic (exact) mass is 185 g/mol. The molecule has 12 heavy (non-hydrogen) atoms. The molecular weight excluding hydrogens is 174 g/mol. The third-order valence-electron chi connectivity index (χ3n) is 1.40. The van der Waals surface area contributed by atoms with Gasteiger partial charge in [-0.25, -0.2) is 0 Å². The Bertz CT molecular complexity index is 280. The normalized spacial score (nSPS) is 9.58. The van der Waals surface area contributed by atoms with Gasteiger partial charge in [0.05, 0.1) is 12.0 Å². The molecule has 4 heteroatoms. The molecule has 1 aromatic heterocycles. The lowest BCUT2D eigenvalue weighted by Crippen LogP contribution is -2.20. The van der Waals surface area contributed by atoms with E-state index in [1.165, 1.54) is 11.3 Å². The Morgan fingerprint density at radius 3 is 2.58 bits per heavy atom. The highest BCUT2D eigenvalue weighted by Gasteiger charge is 2.10. The fourth-order valence-corrected chi connectivity index (χ4v) is 1.61. The Morgan fingerprint density at radius 1 is 1.50 bits per heavy atom. The number of amides is 1. The van der Waals surface area contributed by atoms with Gasteiger partial charge in [0.15, 0.2) is 5.06 Å².